The summed E-state index contributed by atoms with van der Waals surface area (Å²) in [7, 11) is 1.91. The molecule has 4 heteroatoms. The van der Waals surface area contributed by atoms with E-state index in [1.54, 1.807) is 6.20 Å². The molecule has 3 aromatic rings. The molecule has 0 N–H and O–H groups in total. The minimum atomic E-state index is -0.276. The molecule has 0 saturated carbocycles. The summed E-state index contributed by atoms with van der Waals surface area (Å²) in [5.41, 5.74) is 6.10. The summed E-state index contributed by atoms with van der Waals surface area (Å²) in [4.78, 5) is 11.2. The molecule has 0 atom stereocenters. The molecule has 4 rings (SSSR count). The number of aromatic nitrogens is 1. The average Bonchev–Trinajstić information content (AvgIpc) is 2.97. The Kier molecular flexibility index (Phi) is 3.88. The quantitative estimate of drug-likeness (QED) is 0.379. The molecule has 1 aliphatic carbocycles. The highest BCUT2D eigenvalue weighted by atomic mass is 16.6. The van der Waals surface area contributed by atoms with E-state index in [4.69, 9.17) is 0 Å². The molecule has 0 amide bonds. The monoisotopic (exact) mass is 332 g/mol. The molecule has 0 unspecified atom stereocenters. The Morgan fingerprint density at radius 2 is 1.80 bits per heavy atom. The van der Waals surface area contributed by atoms with Crippen LogP contribution in [0, 0.1) is 10.1 Å². The molecule has 2 aromatic carbocycles. The lowest BCUT2D eigenvalue weighted by molar-refractivity contribution is -0.383. The van der Waals surface area contributed by atoms with Crippen molar-refractivity contribution >= 4 is 28.7 Å². The first-order valence-electron chi connectivity index (χ1n) is 8.66. The topological polar surface area (TPSA) is 48.1 Å². The Bertz CT molecular complexity index is 984. The lowest BCUT2D eigenvalue weighted by Gasteiger charge is -2.20. The molecular weight excluding hydrogens is 312 g/mol. The summed E-state index contributed by atoms with van der Waals surface area (Å²) in [6.45, 7) is 0. The van der Waals surface area contributed by atoms with Crippen LogP contribution in [0.15, 0.2) is 42.6 Å². The smallest absolute Gasteiger partial charge is 0.294 e. The van der Waals surface area contributed by atoms with Gasteiger partial charge in [0, 0.05) is 7.05 Å². The lowest BCUT2D eigenvalue weighted by Crippen LogP contribution is -2.07. The molecule has 0 fully saturated rings. The van der Waals surface area contributed by atoms with E-state index in [1.807, 2.05) is 35.9 Å². The van der Waals surface area contributed by atoms with Crippen LogP contribution in [0.4, 0.5) is 5.69 Å². The fraction of sp³-hybridized carbons (Fsp3) is 0.238. The molecule has 0 radical (unpaired) electrons. The molecule has 0 bridgehead atoms. The third-order valence-electron chi connectivity index (χ3n) is 5.05. The van der Waals surface area contributed by atoms with Gasteiger partial charge in [-0.2, -0.15) is 0 Å². The van der Waals surface area contributed by atoms with E-state index in [-0.39, 0.29) is 10.6 Å². The van der Waals surface area contributed by atoms with Gasteiger partial charge in [0.15, 0.2) is 0 Å². The van der Waals surface area contributed by atoms with Crippen LogP contribution in [0.3, 0.4) is 0 Å². The Labute approximate surface area is 146 Å². The Balaban J connectivity index is 1.93. The van der Waals surface area contributed by atoms with E-state index >= 15 is 0 Å². The third kappa shape index (κ3) is 2.74. The van der Waals surface area contributed by atoms with Gasteiger partial charge in [0.05, 0.1) is 22.0 Å². The molecule has 1 aliphatic rings. The fourth-order valence-corrected chi connectivity index (χ4v) is 3.92. The van der Waals surface area contributed by atoms with Gasteiger partial charge in [-0.25, -0.2) is 0 Å². The first-order valence-corrected chi connectivity index (χ1v) is 8.66. The maximum Gasteiger partial charge on any atom is 0.294 e. The number of fused-ring (bicyclic) bond motifs is 3. The summed E-state index contributed by atoms with van der Waals surface area (Å²) in [5.74, 6) is 0. The maximum absolute atomic E-state index is 11.5. The molecule has 0 spiro atoms. The van der Waals surface area contributed by atoms with Gasteiger partial charge in [0.1, 0.15) is 0 Å². The second-order valence-electron chi connectivity index (χ2n) is 6.65. The summed E-state index contributed by atoms with van der Waals surface area (Å²) >= 11 is 0. The Morgan fingerprint density at radius 1 is 1.08 bits per heavy atom. The van der Waals surface area contributed by atoms with Crippen molar-refractivity contribution in [2.45, 2.75) is 25.7 Å². The van der Waals surface area contributed by atoms with Crippen molar-refractivity contribution in [2.24, 2.45) is 7.05 Å². The van der Waals surface area contributed by atoms with E-state index in [0.717, 1.165) is 41.3 Å². The minimum Gasteiger partial charge on any atom is -0.344 e. The van der Waals surface area contributed by atoms with Crippen molar-refractivity contribution in [2.75, 3.05) is 0 Å². The molecule has 1 heterocycles. The lowest BCUT2D eigenvalue weighted by atomic mass is 9.86. The summed E-state index contributed by atoms with van der Waals surface area (Å²) in [5, 5.41) is 12.2. The highest BCUT2D eigenvalue weighted by molar-refractivity contribution is 5.95. The minimum absolute atomic E-state index is 0.195. The number of nitro groups is 1. The van der Waals surface area contributed by atoms with E-state index in [0.29, 0.717) is 0 Å². The zero-order valence-corrected chi connectivity index (χ0v) is 14.2. The first kappa shape index (κ1) is 15.6. The Hall–Kier alpha value is -2.88. The molecule has 1 aromatic heterocycles. The molecule has 0 aliphatic heterocycles. The highest BCUT2D eigenvalue weighted by Gasteiger charge is 2.23. The van der Waals surface area contributed by atoms with Gasteiger partial charge in [-0.3, -0.25) is 10.1 Å². The fourth-order valence-electron chi connectivity index (χ4n) is 3.92. The number of rotatable bonds is 3. The van der Waals surface area contributed by atoms with Crippen LogP contribution in [0.1, 0.15) is 35.1 Å². The largest absolute Gasteiger partial charge is 0.344 e. The molecular formula is C21H20N2O2. The number of nitrogens with zero attached hydrogens (tertiary/aromatic N) is 2. The average molecular weight is 332 g/mol. The van der Waals surface area contributed by atoms with Gasteiger partial charge in [0.25, 0.3) is 5.69 Å². The predicted octanol–water partition coefficient (Wildman–Crippen LogP) is 5.14. The molecule has 0 saturated heterocycles. The van der Waals surface area contributed by atoms with Crippen LogP contribution in [0.5, 0.6) is 0 Å². The van der Waals surface area contributed by atoms with Gasteiger partial charge in [-0.15, -0.1) is 0 Å². The van der Waals surface area contributed by atoms with Crippen LogP contribution < -0.4 is 0 Å². The summed E-state index contributed by atoms with van der Waals surface area (Å²) in [6.07, 6.45) is 10.2. The van der Waals surface area contributed by atoms with Crippen LogP contribution in [-0.2, 0) is 19.9 Å². The number of aryl methyl sites for hydroxylation is 2. The molecule has 126 valence electrons. The number of benzene rings is 2. The van der Waals surface area contributed by atoms with Gasteiger partial charge >= 0.3 is 0 Å². The van der Waals surface area contributed by atoms with Gasteiger partial charge in [0.2, 0.25) is 0 Å². The zero-order chi connectivity index (χ0) is 17.4. The number of hydrogen-bond acceptors (Lipinski definition) is 2. The highest BCUT2D eigenvalue weighted by Crippen LogP contribution is 2.37. The van der Waals surface area contributed by atoms with Crippen molar-refractivity contribution in [1.82, 2.24) is 4.57 Å². The van der Waals surface area contributed by atoms with Gasteiger partial charge in [-0.1, -0.05) is 42.5 Å². The number of hydrogen-bond donors (Lipinski definition) is 0. The molecule has 25 heavy (non-hydrogen) atoms. The van der Waals surface area contributed by atoms with Gasteiger partial charge in [-0.05, 0) is 54.0 Å². The van der Waals surface area contributed by atoms with Gasteiger partial charge < -0.3 is 4.57 Å². The van der Waals surface area contributed by atoms with E-state index in [2.05, 4.69) is 24.3 Å². The first-order chi connectivity index (χ1) is 12.1. The normalized spacial score (nSPS) is 14.1. The van der Waals surface area contributed by atoms with Crippen molar-refractivity contribution in [3.05, 3.63) is 75.0 Å². The van der Waals surface area contributed by atoms with E-state index in [9.17, 15) is 10.1 Å². The standard InChI is InChI=1S/C21H20N2O2/c1-22-14-20(23(24)25)19-13-16(12-11-15-7-3-2-4-8-15)17-9-5-6-10-18(17)21(19)22/h2-4,7-8,11-14H,5-6,9-10H2,1H3/b12-11+. The SMILES string of the molecule is Cn1cc([N+](=O)[O-])c2cc(/C=C/c3ccccc3)c3c(c21)CCCC3. The van der Waals surface area contributed by atoms with Crippen LogP contribution >= 0.6 is 0 Å². The van der Waals surface area contributed by atoms with E-state index in [1.165, 1.54) is 17.5 Å². The summed E-state index contributed by atoms with van der Waals surface area (Å²) < 4.78 is 1.92. The van der Waals surface area contributed by atoms with Crippen molar-refractivity contribution in [3.8, 4) is 0 Å². The second-order valence-corrected chi connectivity index (χ2v) is 6.65. The zero-order valence-electron chi connectivity index (χ0n) is 14.2. The summed E-state index contributed by atoms with van der Waals surface area (Å²) in [6, 6.07) is 12.1. The maximum atomic E-state index is 11.5. The molecule has 4 nitrogen and oxygen atoms in total. The van der Waals surface area contributed by atoms with Crippen LogP contribution in [0.2, 0.25) is 0 Å². The second kappa shape index (κ2) is 6.20. The van der Waals surface area contributed by atoms with Crippen LogP contribution in [0.25, 0.3) is 23.1 Å². The third-order valence-corrected chi connectivity index (χ3v) is 5.05. The predicted molar refractivity (Wildman–Crippen MR) is 102 cm³/mol. The van der Waals surface area contributed by atoms with Crippen molar-refractivity contribution in [1.29, 1.82) is 0 Å². The Morgan fingerprint density at radius 3 is 2.52 bits per heavy atom. The van der Waals surface area contributed by atoms with Crippen molar-refractivity contribution < 1.29 is 4.92 Å². The van der Waals surface area contributed by atoms with Crippen molar-refractivity contribution in [3.63, 3.8) is 0 Å². The van der Waals surface area contributed by atoms with Crippen LogP contribution in [-0.4, -0.2) is 9.49 Å². The van der Waals surface area contributed by atoms with E-state index < -0.39 is 0 Å².